The Morgan fingerprint density at radius 1 is 1.23 bits per heavy atom. The fraction of sp³-hybridized carbons (Fsp3) is 0.200. The van der Waals surface area contributed by atoms with E-state index in [2.05, 4.69) is 10.3 Å². The quantitative estimate of drug-likeness (QED) is 0.728. The SMILES string of the molecule is O=C(Cc1c[nH]c2ccccc12)Nc1cc(Cl)ccc1N1CCCC1=O. The molecule has 2 heterocycles. The van der Waals surface area contributed by atoms with Gasteiger partial charge in [-0.1, -0.05) is 29.8 Å². The van der Waals surface area contributed by atoms with Crippen LogP contribution in [0.3, 0.4) is 0 Å². The fourth-order valence-electron chi connectivity index (χ4n) is 3.39. The number of para-hydroxylation sites is 1. The molecule has 0 radical (unpaired) electrons. The van der Waals surface area contributed by atoms with Crippen molar-refractivity contribution < 1.29 is 9.59 Å². The van der Waals surface area contributed by atoms with Gasteiger partial charge in [-0.25, -0.2) is 0 Å². The van der Waals surface area contributed by atoms with E-state index in [-0.39, 0.29) is 18.2 Å². The molecule has 0 aliphatic carbocycles. The van der Waals surface area contributed by atoms with Crippen molar-refractivity contribution in [2.24, 2.45) is 0 Å². The third-order valence-electron chi connectivity index (χ3n) is 4.62. The molecule has 2 N–H and O–H groups in total. The number of nitrogens with one attached hydrogen (secondary N) is 2. The topological polar surface area (TPSA) is 65.2 Å². The summed E-state index contributed by atoms with van der Waals surface area (Å²) in [4.78, 5) is 29.6. The van der Waals surface area contributed by atoms with E-state index >= 15 is 0 Å². The molecule has 26 heavy (non-hydrogen) atoms. The van der Waals surface area contributed by atoms with Crippen molar-refractivity contribution in [1.29, 1.82) is 0 Å². The van der Waals surface area contributed by atoms with Crippen LogP contribution in [0.2, 0.25) is 5.02 Å². The van der Waals surface area contributed by atoms with Gasteiger partial charge in [0.05, 0.1) is 17.8 Å². The number of halogens is 1. The maximum absolute atomic E-state index is 12.6. The van der Waals surface area contributed by atoms with Crippen LogP contribution in [0.15, 0.2) is 48.7 Å². The number of carbonyl (C=O) groups excluding carboxylic acids is 2. The molecule has 4 rings (SSSR count). The van der Waals surface area contributed by atoms with Crippen LogP contribution in [-0.2, 0) is 16.0 Å². The molecule has 3 aromatic rings. The number of fused-ring (bicyclic) bond motifs is 1. The second-order valence-electron chi connectivity index (χ2n) is 6.39. The van der Waals surface area contributed by atoms with E-state index in [0.29, 0.717) is 29.4 Å². The van der Waals surface area contributed by atoms with Gasteiger partial charge in [-0.3, -0.25) is 9.59 Å². The fourth-order valence-corrected chi connectivity index (χ4v) is 3.56. The zero-order chi connectivity index (χ0) is 18.1. The van der Waals surface area contributed by atoms with Crippen molar-refractivity contribution in [3.8, 4) is 0 Å². The summed E-state index contributed by atoms with van der Waals surface area (Å²) in [7, 11) is 0. The number of amides is 2. The van der Waals surface area contributed by atoms with Crippen molar-refractivity contribution in [2.75, 3.05) is 16.8 Å². The van der Waals surface area contributed by atoms with E-state index in [0.717, 1.165) is 22.9 Å². The van der Waals surface area contributed by atoms with Crippen LogP contribution in [0.25, 0.3) is 10.9 Å². The molecule has 2 aromatic carbocycles. The summed E-state index contributed by atoms with van der Waals surface area (Å²) in [5, 5.41) is 4.47. The average molecular weight is 368 g/mol. The minimum atomic E-state index is -0.148. The number of aromatic nitrogens is 1. The minimum absolute atomic E-state index is 0.0689. The van der Waals surface area contributed by atoms with Gasteiger partial charge >= 0.3 is 0 Å². The summed E-state index contributed by atoms with van der Waals surface area (Å²) in [6.45, 7) is 0.659. The van der Waals surface area contributed by atoms with Crippen molar-refractivity contribution in [3.05, 3.63) is 59.2 Å². The molecular formula is C20H18ClN3O2. The van der Waals surface area contributed by atoms with Gasteiger partial charge in [0.25, 0.3) is 0 Å². The van der Waals surface area contributed by atoms with E-state index in [4.69, 9.17) is 11.6 Å². The lowest BCUT2D eigenvalue weighted by molar-refractivity contribution is -0.117. The first kappa shape index (κ1) is 16.7. The number of benzene rings is 2. The number of anilines is 2. The average Bonchev–Trinajstić information content (AvgIpc) is 3.22. The molecule has 5 nitrogen and oxygen atoms in total. The maximum atomic E-state index is 12.6. The number of rotatable bonds is 4. The first-order valence-electron chi connectivity index (χ1n) is 8.56. The second-order valence-corrected chi connectivity index (χ2v) is 6.83. The number of aromatic amines is 1. The van der Waals surface area contributed by atoms with Crippen LogP contribution in [0.5, 0.6) is 0 Å². The third-order valence-corrected chi connectivity index (χ3v) is 4.86. The van der Waals surface area contributed by atoms with E-state index < -0.39 is 0 Å². The molecular weight excluding hydrogens is 350 g/mol. The summed E-state index contributed by atoms with van der Waals surface area (Å²) in [5.41, 5.74) is 3.20. The summed E-state index contributed by atoms with van der Waals surface area (Å²) >= 11 is 6.10. The molecule has 6 heteroatoms. The molecule has 1 aliphatic rings. The Hall–Kier alpha value is -2.79. The van der Waals surface area contributed by atoms with Gasteiger partial charge in [0.1, 0.15) is 0 Å². The van der Waals surface area contributed by atoms with E-state index in [1.54, 1.807) is 23.1 Å². The minimum Gasteiger partial charge on any atom is -0.361 e. The van der Waals surface area contributed by atoms with Gasteiger partial charge < -0.3 is 15.2 Å². The van der Waals surface area contributed by atoms with Crippen LogP contribution in [-0.4, -0.2) is 23.3 Å². The van der Waals surface area contributed by atoms with Crippen LogP contribution >= 0.6 is 11.6 Å². The Labute approximate surface area is 155 Å². The molecule has 1 saturated heterocycles. The van der Waals surface area contributed by atoms with Crippen molar-refractivity contribution in [1.82, 2.24) is 4.98 Å². The Bertz CT molecular complexity index is 996. The maximum Gasteiger partial charge on any atom is 0.228 e. The summed E-state index contributed by atoms with van der Waals surface area (Å²) < 4.78 is 0. The molecule has 0 atom stereocenters. The monoisotopic (exact) mass is 367 g/mol. The van der Waals surface area contributed by atoms with Crippen LogP contribution in [0.1, 0.15) is 18.4 Å². The van der Waals surface area contributed by atoms with Gasteiger partial charge in [-0.05, 0) is 36.2 Å². The molecule has 0 unspecified atom stereocenters. The third kappa shape index (κ3) is 3.18. The highest BCUT2D eigenvalue weighted by Crippen LogP contribution is 2.32. The Morgan fingerprint density at radius 2 is 2.08 bits per heavy atom. The highest BCUT2D eigenvalue weighted by molar-refractivity contribution is 6.31. The van der Waals surface area contributed by atoms with Gasteiger partial charge in [-0.2, -0.15) is 0 Å². The Kier molecular flexibility index (Phi) is 4.39. The van der Waals surface area contributed by atoms with Crippen molar-refractivity contribution >= 4 is 45.7 Å². The molecule has 1 fully saturated rings. The number of H-pyrrole nitrogens is 1. The lowest BCUT2D eigenvalue weighted by Crippen LogP contribution is -2.26. The number of hydrogen-bond donors (Lipinski definition) is 2. The number of nitrogens with zero attached hydrogens (tertiary/aromatic N) is 1. The lowest BCUT2D eigenvalue weighted by Gasteiger charge is -2.20. The molecule has 0 spiro atoms. The zero-order valence-electron chi connectivity index (χ0n) is 14.1. The molecule has 0 saturated carbocycles. The normalized spacial score (nSPS) is 14.2. The van der Waals surface area contributed by atoms with Gasteiger partial charge in [0.2, 0.25) is 11.8 Å². The molecule has 132 valence electrons. The first-order valence-corrected chi connectivity index (χ1v) is 8.94. The predicted molar refractivity (Wildman–Crippen MR) is 104 cm³/mol. The second kappa shape index (κ2) is 6.84. The standard InChI is InChI=1S/C20H18ClN3O2/c21-14-7-8-18(24-9-3-6-20(24)26)17(11-14)23-19(25)10-13-12-22-16-5-2-1-4-15(13)16/h1-2,4-5,7-8,11-12,22H,3,6,9-10H2,(H,23,25). The van der Waals surface area contributed by atoms with E-state index in [1.807, 2.05) is 30.5 Å². The number of carbonyl (C=O) groups is 2. The summed E-state index contributed by atoms with van der Waals surface area (Å²) in [6, 6.07) is 13.1. The summed E-state index contributed by atoms with van der Waals surface area (Å²) in [5.74, 6) is -0.0793. The van der Waals surface area contributed by atoms with Crippen LogP contribution in [0, 0.1) is 0 Å². The van der Waals surface area contributed by atoms with Crippen LogP contribution in [0.4, 0.5) is 11.4 Å². The highest BCUT2D eigenvalue weighted by atomic mass is 35.5. The molecule has 1 aromatic heterocycles. The summed E-state index contributed by atoms with van der Waals surface area (Å²) in [6.07, 6.45) is 3.45. The zero-order valence-corrected chi connectivity index (χ0v) is 14.8. The predicted octanol–water partition coefficient (Wildman–Crippen LogP) is 4.13. The number of hydrogen-bond acceptors (Lipinski definition) is 2. The first-order chi connectivity index (χ1) is 12.6. The van der Waals surface area contributed by atoms with Crippen molar-refractivity contribution in [3.63, 3.8) is 0 Å². The van der Waals surface area contributed by atoms with Gasteiger partial charge in [0.15, 0.2) is 0 Å². The Balaban J connectivity index is 1.57. The highest BCUT2D eigenvalue weighted by Gasteiger charge is 2.24. The van der Waals surface area contributed by atoms with E-state index in [9.17, 15) is 9.59 Å². The molecule has 2 amide bonds. The lowest BCUT2D eigenvalue weighted by atomic mass is 10.1. The van der Waals surface area contributed by atoms with E-state index in [1.165, 1.54) is 0 Å². The van der Waals surface area contributed by atoms with Gasteiger partial charge in [0, 0.05) is 35.1 Å². The van der Waals surface area contributed by atoms with Crippen molar-refractivity contribution in [2.45, 2.75) is 19.3 Å². The molecule has 1 aliphatic heterocycles. The Morgan fingerprint density at radius 3 is 2.88 bits per heavy atom. The van der Waals surface area contributed by atoms with Gasteiger partial charge in [-0.15, -0.1) is 0 Å². The largest absolute Gasteiger partial charge is 0.361 e. The van der Waals surface area contributed by atoms with Crippen LogP contribution < -0.4 is 10.2 Å². The smallest absolute Gasteiger partial charge is 0.228 e. The molecule has 0 bridgehead atoms.